The van der Waals surface area contributed by atoms with Gasteiger partial charge in [-0.1, -0.05) is 125 Å². The van der Waals surface area contributed by atoms with Crippen molar-refractivity contribution in [3.8, 4) is 5.75 Å². The Morgan fingerprint density at radius 2 is 1.39 bits per heavy atom. The molecule has 0 saturated heterocycles. The van der Waals surface area contributed by atoms with Gasteiger partial charge in [0.2, 0.25) is 5.96 Å². The summed E-state index contributed by atoms with van der Waals surface area (Å²) < 4.78 is 32.7. The van der Waals surface area contributed by atoms with E-state index in [4.69, 9.17) is 4.99 Å². The van der Waals surface area contributed by atoms with Gasteiger partial charge in [-0.25, -0.2) is 17.7 Å². The third-order valence-electron chi connectivity index (χ3n) is 8.32. The number of nitrogens with zero attached hydrogens (tertiary/aromatic N) is 3. The first-order chi connectivity index (χ1) is 22.1. The molecule has 0 spiro atoms. The number of halogens is 2. The summed E-state index contributed by atoms with van der Waals surface area (Å²) in [4.78, 5) is 7.47. The van der Waals surface area contributed by atoms with E-state index in [-0.39, 0.29) is 23.2 Å². The molecule has 1 aliphatic rings. The molecule has 46 heavy (non-hydrogen) atoms. The first-order valence-corrected chi connectivity index (χ1v) is 17.9. The Bertz CT molecular complexity index is 1960. The second-order valence-corrected chi connectivity index (χ2v) is 14.9. The molecule has 1 aliphatic heterocycles. The number of aromatic hydroxyl groups is 1. The van der Waals surface area contributed by atoms with Gasteiger partial charge in [0.1, 0.15) is 11.8 Å². The van der Waals surface area contributed by atoms with Crippen LogP contribution in [-0.2, 0) is 16.6 Å². The minimum atomic E-state index is -4.14. The van der Waals surface area contributed by atoms with E-state index in [0.717, 1.165) is 26.7 Å². The van der Waals surface area contributed by atoms with Crippen molar-refractivity contribution in [1.29, 1.82) is 0 Å². The Hall–Kier alpha value is -3.92. The number of guanidine groups is 1. The maximum atomic E-state index is 15.0. The molecular weight excluding hydrogens is 726 g/mol. The molecule has 234 valence electrons. The topological polar surface area (TPSA) is 73.2 Å². The highest BCUT2D eigenvalue weighted by Gasteiger charge is 2.48. The van der Waals surface area contributed by atoms with E-state index in [1.54, 1.807) is 18.2 Å². The molecule has 3 atom stereocenters. The van der Waals surface area contributed by atoms with Crippen LogP contribution in [0.4, 0.5) is 0 Å². The van der Waals surface area contributed by atoms with Crippen LogP contribution in [0.25, 0.3) is 0 Å². The summed E-state index contributed by atoms with van der Waals surface area (Å²) >= 11 is 7.04. The van der Waals surface area contributed by atoms with Gasteiger partial charge < -0.3 is 10.0 Å². The van der Waals surface area contributed by atoms with Crippen LogP contribution in [0.1, 0.15) is 52.9 Å². The number of hydrogen-bond acceptors (Lipinski definition) is 5. The van der Waals surface area contributed by atoms with Crippen molar-refractivity contribution in [1.82, 2.24) is 9.21 Å². The maximum Gasteiger partial charge on any atom is 0.267 e. The first-order valence-electron chi connectivity index (χ1n) is 14.9. The van der Waals surface area contributed by atoms with Crippen molar-refractivity contribution < 1.29 is 13.5 Å². The third-order valence-corrected chi connectivity index (χ3v) is 11.2. The summed E-state index contributed by atoms with van der Waals surface area (Å²) in [5, 5.41) is 11.2. The van der Waals surface area contributed by atoms with E-state index < -0.39 is 22.1 Å². The summed E-state index contributed by atoms with van der Waals surface area (Å²) in [6, 6.07) is 38.5. The third kappa shape index (κ3) is 6.36. The van der Waals surface area contributed by atoms with Crippen molar-refractivity contribution in [3.63, 3.8) is 0 Å². The van der Waals surface area contributed by atoms with Gasteiger partial charge in [0.05, 0.1) is 28.0 Å². The van der Waals surface area contributed by atoms with Crippen LogP contribution in [-0.4, -0.2) is 28.7 Å². The summed E-state index contributed by atoms with van der Waals surface area (Å²) in [5.41, 5.74) is 4.28. The fraction of sp³-hybridized carbons (Fsp3) is 0.162. The van der Waals surface area contributed by atoms with Gasteiger partial charge in [-0.2, -0.15) is 0 Å². The lowest BCUT2D eigenvalue weighted by Crippen LogP contribution is -2.46. The minimum absolute atomic E-state index is 0.0826. The molecule has 0 saturated carbocycles. The predicted octanol–water partition coefficient (Wildman–Crippen LogP) is 9.33. The molecule has 6 rings (SSSR count). The molecule has 0 unspecified atom stereocenters. The zero-order valence-corrected chi connectivity index (χ0v) is 29.3. The molecule has 5 aromatic carbocycles. The molecule has 9 heteroatoms. The molecule has 0 radical (unpaired) electrons. The molecule has 5 aromatic rings. The quantitative estimate of drug-likeness (QED) is 0.171. The molecular formula is C37H33Br2N3O3S. The average molecular weight is 760 g/mol. The van der Waals surface area contributed by atoms with Crippen molar-refractivity contribution in [2.45, 2.75) is 43.4 Å². The molecule has 1 heterocycles. The van der Waals surface area contributed by atoms with Crippen molar-refractivity contribution in [2.75, 3.05) is 0 Å². The Balaban J connectivity index is 1.61. The monoisotopic (exact) mass is 757 g/mol. The van der Waals surface area contributed by atoms with E-state index in [2.05, 4.69) is 31.9 Å². The smallest absolute Gasteiger partial charge is 0.267 e. The molecule has 0 amide bonds. The van der Waals surface area contributed by atoms with Crippen molar-refractivity contribution in [3.05, 3.63) is 164 Å². The van der Waals surface area contributed by atoms with Crippen LogP contribution in [0, 0.1) is 6.92 Å². The number of aliphatic imine (C=N–C) groups is 1. The number of phenolic OH excluding ortho intramolecular Hbond substituents is 1. The highest BCUT2D eigenvalue weighted by Crippen LogP contribution is 2.47. The Kier molecular flexibility index (Phi) is 9.36. The zero-order valence-electron chi connectivity index (χ0n) is 25.3. The molecule has 6 nitrogen and oxygen atoms in total. The van der Waals surface area contributed by atoms with Crippen LogP contribution in [0.15, 0.2) is 146 Å². The largest absolute Gasteiger partial charge is 0.506 e. The Morgan fingerprint density at radius 3 is 2.00 bits per heavy atom. The molecule has 0 fully saturated rings. The predicted molar refractivity (Wildman–Crippen MR) is 190 cm³/mol. The lowest BCUT2D eigenvalue weighted by atomic mass is 9.95. The van der Waals surface area contributed by atoms with Gasteiger partial charge in [0.25, 0.3) is 10.0 Å². The number of hydrogen-bond donors (Lipinski definition) is 1. The molecule has 1 N–H and O–H groups in total. The lowest BCUT2D eigenvalue weighted by molar-refractivity contribution is 0.288. The van der Waals surface area contributed by atoms with Crippen LogP contribution >= 0.6 is 31.9 Å². The lowest BCUT2D eigenvalue weighted by Gasteiger charge is -2.38. The molecule has 0 bridgehead atoms. The highest BCUT2D eigenvalue weighted by atomic mass is 79.9. The van der Waals surface area contributed by atoms with Crippen LogP contribution in [0.3, 0.4) is 0 Å². The van der Waals surface area contributed by atoms with Crippen molar-refractivity contribution >= 4 is 47.8 Å². The SMILES string of the molecule is Cc1ccc(S(=O)(=O)N2C(N(Cc3cc(Br)cc(Br)c3O)[C@@H](C)c3ccccc3)=N[C@@H](c3ccccc3)[C@@H]2c2ccccc2)cc1. The van der Waals surface area contributed by atoms with Gasteiger partial charge >= 0.3 is 0 Å². The van der Waals surface area contributed by atoms with E-state index >= 15 is 0 Å². The number of aryl methyl sites for hydroxylation is 1. The maximum absolute atomic E-state index is 15.0. The van der Waals surface area contributed by atoms with Gasteiger partial charge in [0, 0.05) is 10.0 Å². The van der Waals surface area contributed by atoms with Gasteiger partial charge in [-0.15, -0.1) is 0 Å². The van der Waals surface area contributed by atoms with Crippen molar-refractivity contribution in [2.24, 2.45) is 4.99 Å². The van der Waals surface area contributed by atoms with Gasteiger partial charge in [0.15, 0.2) is 0 Å². The fourth-order valence-electron chi connectivity index (χ4n) is 5.88. The number of phenols is 1. The second kappa shape index (κ2) is 13.4. The Morgan fingerprint density at radius 1 is 0.826 bits per heavy atom. The van der Waals surface area contributed by atoms with E-state index in [0.29, 0.717) is 16.0 Å². The number of rotatable bonds is 8. The van der Waals surface area contributed by atoms with Crippen LogP contribution < -0.4 is 0 Å². The minimum Gasteiger partial charge on any atom is -0.506 e. The van der Waals surface area contributed by atoms with E-state index in [9.17, 15) is 13.5 Å². The van der Waals surface area contributed by atoms with E-state index in [1.165, 1.54) is 4.31 Å². The molecule has 0 aromatic heterocycles. The summed E-state index contributed by atoms with van der Waals surface area (Å²) in [6.07, 6.45) is 0. The first kappa shape index (κ1) is 32.0. The number of benzene rings is 5. The summed E-state index contributed by atoms with van der Waals surface area (Å²) in [5.74, 6) is 0.384. The van der Waals surface area contributed by atoms with Crippen LogP contribution in [0.2, 0.25) is 0 Å². The van der Waals surface area contributed by atoms with E-state index in [1.807, 2.05) is 128 Å². The normalized spacial score (nSPS) is 17.0. The Labute approximate surface area is 287 Å². The number of sulfonamides is 1. The average Bonchev–Trinajstić information content (AvgIpc) is 3.48. The molecule has 0 aliphatic carbocycles. The van der Waals surface area contributed by atoms with Crippen LogP contribution in [0.5, 0.6) is 5.75 Å². The van der Waals surface area contributed by atoms with Gasteiger partial charge in [-0.05, 0) is 70.7 Å². The highest BCUT2D eigenvalue weighted by molar-refractivity contribution is 9.11. The summed E-state index contributed by atoms with van der Waals surface area (Å²) in [7, 11) is -4.14. The second-order valence-electron chi connectivity index (χ2n) is 11.4. The zero-order chi connectivity index (χ0) is 32.4. The standard InChI is InChI=1S/C37H33Br2N3O3S/c1-25-18-20-32(21-19-25)46(44,45)42-35(29-16-10-5-11-17-29)34(28-14-8-4-9-15-28)40-37(42)41(26(2)27-12-6-3-7-13-27)24-30-22-31(38)23-33(39)36(30)43/h3-23,26,34-35,43H,24H2,1-2H3/t26-,34-,35-/m0/s1. The van der Waals surface area contributed by atoms with Gasteiger partial charge in [-0.3, -0.25) is 0 Å². The summed E-state index contributed by atoms with van der Waals surface area (Å²) in [6.45, 7) is 4.15. The fourth-order valence-corrected chi connectivity index (χ4v) is 8.80.